The number of urea groups is 1. The van der Waals surface area contributed by atoms with Crippen LogP contribution in [0.5, 0.6) is 5.75 Å². The molecule has 7 nitrogen and oxygen atoms in total. The van der Waals surface area contributed by atoms with Crippen LogP contribution in [0, 0.1) is 0 Å². The summed E-state index contributed by atoms with van der Waals surface area (Å²) in [6.45, 7) is 4.74. The first-order chi connectivity index (χ1) is 15.9. The average molecular weight is 469 g/mol. The van der Waals surface area contributed by atoms with Crippen molar-refractivity contribution >= 4 is 17.6 Å². The molecule has 1 aromatic heterocycles. The molecule has 0 saturated carbocycles. The van der Waals surface area contributed by atoms with Crippen molar-refractivity contribution < 1.29 is 14.7 Å². The number of nitrogens with zero attached hydrogens (tertiary/aromatic N) is 4. The number of hydrogen-bond donors (Lipinski definition) is 1. The first kappa shape index (κ1) is 23.1. The van der Waals surface area contributed by atoms with Gasteiger partial charge in [-0.25, -0.2) is 14.5 Å². The molecule has 8 heteroatoms. The quantitative estimate of drug-likeness (QED) is 0.391. The molecule has 2 heterocycles. The molecule has 1 N–H and O–H groups in total. The van der Waals surface area contributed by atoms with Crippen molar-refractivity contribution in [1.29, 1.82) is 0 Å². The molecule has 1 fully saturated rings. The number of rotatable bonds is 5. The Morgan fingerprint density at radius 3 is 2.33 bits per heavy atom. The number of benzene rings is 2. The summed E-state index contributed by atoms with van der Waals surface area (Å²) in [6, 6.07) is 17.1. The first-order valence-corrected chi connectivity index (χ1v) is 11.5. The number of methoxy groups -OCH3 is 1. The van der Waals surface area contributed by atoms with Gasteiger partial charge in [-0.05, 0) is 69.2 Å². The summed E-state index contributed by atoms with van der Waals surface area (Å²) < 4.78 is 7.24. The van der Waals surface area contributed by atoms with Gasteiger partial charge in [-0.3, -0.25) is 5.21 Å². The summed E-state index contributed by atoms with van der Waals surface area (Å²) in [4.78, 5) is 14.2. The van der Waals surface area contributed by atoms with E-state index in [1.807, 2.05) is 53.2 Å². The zero-order valence-electron chi connectivity index (χ0n) is 19.1. The smallest absolute Gasteiger partial charge is 0.343 e. The third-order valence-electron chi connectivity index (χ3n) is 6.05. The van der Waals surface area contributed by atoms with Gasteiger partial charge in [-0.15, -0.1) is 0 Å². The van der Waals surface area contributed by atoms with Crippen LogP contribution in [0.25, 0.3) is 16.9 Å². The van der Waals surface area contributed by atoms with Crippen molar-refractivity contribution in [3.05, 3.63) is 65.3 Å². The summed E-state index contributed by atoms with van der Waals surface area (Å²) in [7, 11) is 1.65. The van der Waals surface area contributed by atoms with Gasteiger partial charge in [0.15, 0.2) is 0 Å². The van der Waals surface area contributed by atoms with Crippen LogP contribution in [0.15, 0.2) is 54.6 Å². The van der Waals surface area contributed by atoms with Crippen molar-refractivity contribution in [3.8, 4) is 22.7 Å². The van der Waals surface area contributed by atoms with Gasteiger partial charge in [0.1, 0.15) is 5.75 Å². The number of likely N-dealkylation sites (tertiary alicyclic amines) is 1. The van der Waals surface area contributed by atoms with Crippen LogP contribution >= 0.6 is 11.6 Å². The van der Waals surface area contributed by atoms with Gasteiger partial charge in [0.2, 0.25) is 0 Å². The predicted octanol–water partition coefficient (Wildman–Crippen LogP) is 5.60. The summed E-state index contributed by atoms with van der Waals surface area (Å²) in [5.41, 5.74) is 3.93. The Hall–Kier alpha value is -3.03. The Kier molecular flexibility index (Phi) is 6.91. The number of ether oxygens (including phenoxy) is 1. The monoisotopic (exact) mass is 468 g/mol. The minimum absolute atomic E-state index is 0.228. The highest BCUT2D eigenvalue weighted by Crippen LogP contribution is 2.33. The molecule has 0 radical (unpaired) electrons. The molecular weight excluding hydrogens is 440 g/mol. The number of hydrogen-bond acceptors (Lipinski definition) is 4. The number of aromatic nitrogens is 2. The van der Waals surface area contributed by atoms with Crippen LogP contribution in [0.1, 0.15) is 38.3 Å². The van der Waals surface area contributed by atoms with Crippen molar-refractivity contribution in [2.75, 3.05) is 20.2 Å². The molecule has 0 unspecified atom stereocenters. The highest BCUT2D eigenvalue weighted by Gasteiger charge is 2.29. The molecule has 1 aliphatic heterocycles. The lowest BCUT2D eigenvalue weighted by Gasteiger charge is -2.34. The van der Waals surface area contributed by atoms with Crippen LogP contribution in [0.2, 0.25) is 5.02 Å². The SMILES string of the molecule is COc1ccc(-n2nc(C3CCN(C(=O)N(O)C(C)C)CC3)cc2-c2ccc(Cl)cc2)cc1. The molecule has 1 aliphatic rings. The van der Waals surface area contributed by atoms with E-state index in [1.54, 1.807) is 25.9 Å². The molecule has 0 aliphatic carbocycles. The van der Waals surface area contributed by atoms with E-state index in [0.29, 0.717) is 18.1 Å². The van der Waals surface area contributed by atoms with E-state index in [4.69, 9.17) is 21.4 Å². The molecule has 0 bridgehead atoms. The van der Waals surface area contributed by atoms with E-state index in [1.165, 1.54) is 0 Å². The Morgan fingerprint density at radius 1 is 1.12 bits per heavy atom. The first-order valence-electron chi connectivity index (χ1n) is 11.1. The fraction of sp³-hybridized carbons (Fsp3) is 0.360. The van der Waals surface area contributed by atoms with Gasteiger partial charge in [0.05, 0.1) is 30.2 Å². The van der Waals surface area contributed by atoms with Crippen molar-refractivity contribution in [2.24, 2.45) is 0 Å². The van der Waals surface area contributed by atoms with Crippen LogP contribution in [-0.4, -0.2) is 57.2 Å². The van der Waals surface area contributed by atoms with Crippen LogP contribution < -0.4 is 4.74 Å². The normalized spacial score (nSPS) is 14.5. The summed E-state index contributed by atoms with van der Waals surface area (Å²) in [5.74, 6) is 1.02. The maximum absolute atomic E-state index is 12.5. The van der Waals surface area contributed by atoms with Crippen LogP contribution in [0.4, 0.5) is 4.79 Å². The zero-order chi connectivity index (χ0) is 23.5. The highest BCUT2D eigenvalue weighted by molar-refractivity contribution is 6.30. The highest BCUT2D eigenvalue weighted by atomic mass is 35.5. The number of halogens is 1. The molecule has 0 spiro atoms. The molecule has 4 rings (SSSR count). The number of amides is 2. The van der Waals surface area contributed by atoms with Gasteiger partial charge >= 0.3 is 6.03 Å². The van der Waals surface area contributed by atoms with Gasteiger partial charge < -0.3 is 9.64 Å². The Bertz CT molecular complexity index is 1090. The standard InChI is InChI=1S/C25H29ClN4O3/c1-17(2)30(32)25(31)28-14-12-18(13-15-28)23-16-24(19-4-6-20(26)7-5-19)29(27-23)21-8-10-22(33-3)11-9-21/h4-11,16-18,32H,12-15H2,1-3H3. The topological polar surface area (TPSA) is 70.8 Å². The predicted molar refractivity (Wildman–Crippen MR) is 128 cm³/mol. The number of hydroxylamine groups is 2. The summed E-state index contributed by atoms with van der Waals surface area (Å²) in [6.07, 6.45) is 1.58. The van der Waals surface area contributed by atoms with Crippen molar-refractivity contribution in [3.63, 3.8) is 0 Å². The number of piperidine rings is 1. The van der Waals surface area contributed by atoms with Gasteiger partial charge in [0.25, 0.3) is 0 Å². The van der Waals surface area contributed by atoms with E-state index in [2.05, 4.69) is 6.07 Å². The molecule has 2 aromatic carbocycles. The second-order valence-electron chi connectivity index (χ2n) is 8.55. The third kappa shape index (κ3) is 4.99. The zero-order valence-corrected chi connectivity index (χ0v) is 19.9. The Balaban J connectivity index is 1.60. The number of carbonyl (C=O) groups excluding carboxylic acids is 1. The Labute approximate surface area is 199 Å². The summed E-state index contributed by atoms with van der Waals surface area (Å²) in [5, 5.41) is 16.4. The van der Waals surface area contributed by atoms with Crippen molar-refractivity contribution in [1.82, 2.24) is 19.7 Å². The fourth-order valence-corrected chi connectivity index (χ4v) is 4.20. The van der Waals surface area contributed by atoms with Crippen molar-refractivity contribution in [2.45, 2.75) is 38.6 Å². The largest absolute Gasteiger partial charge is 0.497 e. The average Bonchev–Trinajstić information content (AvgIpc) is 3.29. The Morgan fingerprint density at radius 2 is 1.76 bits per heavy atom. The fourth-order valence-electron chi connectivity index (χ4n) is 4.08. The minimum atomic E-state index is -0.339. The molecule has 0 atom stereocenters. The maximum Gasteiger partial charge on any atom is 0.343 e. The molecular formula is C25H29ClN4O3. The molecule has 33 heavy (non-hydrogen) atoms. The van der Waals surface area contributed by atoms with Gasteiger partial charge in [-0.1, -0.05) is 23.7 Å². The van der Waals surface area contributed by atoms with Gasteiger partial charge in [0, 0.05) is 29.6 Å². The third-order valence-corrected chi connectivity index (χ3v) is 6.31. The number of carbonyl (C=O) groups is 1. The van der Waals surface area contributed by atoms with E-state index in [9.17, 15) is 10.0 Å². The second kappa shape index (κ2) is 9.85. The van der Waals surface area contributed by atoms with E-state index >= 15 is 0 Å². The lowest BCUT2D eigenvalue weighted by atomic mass is 9.93. The molecule has 2 amide bonds. The van der Waals surface area contributed by atoms with Gasteiger partial charge in [-0.2, -0.15) is 5.10 Å². The molecule has 1 saturated heterocycles. The molecule has 174 valence electrons. The minimum Gasteiger partial charge on any atom is -0.497 e. The second-order valence-corrected chi connectivity index (χ2v) is 8.99. The summed E-state index contributed by atoms with van der Waals surface area (Å²) >= 11 is 6.11. The van der Waals surface area contributed by atoms with Crippen LogP contribution in [-0.2, 0) is 0 Å². The lowest BCUT2D eigenvalue weighted by molar-refractivity contribution is -0.0814. The van der Waals surface area contributed by atoms with Crippen LogP contribution in [0.3, 0.4) is 0 Å². The van der Waals surface area contributed by atoms with E-state index in [-0.39, 0.29) is 18.0 Å². The van der Waals surface area contributed by atoms with E-state index < -0.39 is 0 Å². The lowest BCUT2D eigenvalue weighted by Crippen LogP contribution is -2.47. The van der Waals surface area contributed by atoms with E-state index in [0.717, 1.165) is 46.3 Å². The molecule has 3 aromatic rings. The maximum atomic E-state index is 12.5.